The van der Waals surface area contributed by atoms with Gasteiger partial charge in [0.15, 0.2) is 0 Å². The Morgan fingerprint density at radius 2 is 2.30 bits per heavy atom. The van der Waals surface area contributed by atoms with Gasteiger partial charge in [0.25, 0.3) is 0 Å². The van der Waals surface area contributed by atoms with E-state index in [1.54, 1.807) is 11.3 Å². The second kappa shape index (κ2) is 6.71. The van der Waals surface area contributed by atoms with Crippen molar-refractivity contribution in [2.45, 2.75) is 45.3 Å². The summed E-state index contributed by atoms with van der Waals surface area (Å²) < 4.78 is 8.08. The Bertz CT molecular complexity index is 635. The van der Waals surface area contributed by atoms with Gasteiger partial charge in [-0.2, -0.15) is 5.10 Å². The lowest BCUT2D eigenvalue weighted by atomic mass is 10.00. The zero-order valence-corrected chi connectivity index (χ0v) is 14.5. The lowest BCUT2D eigenvalue weighted by molar-refractivity contribution is 0.0511. The van der Waals surface area contributed by atoms with Gasteiger partial charge in [-0.15, -0.1) is 11.3 Å². The summed E-state index contributed by atoms with van der Waals surface area (Å²) in [6.45, 7) is 6.60. The molecule has 0 amide bonds. The highest BCUT2D eigenvalue weighted by Gasteiger charge is 2.33. The number of thiazole rings is 1. The molecule has 1 aliphatic heterocycles. The van der Waals surface area contributed by atoms with E-state index < -0.39 is 0 Å². The number of rotatable bonds is 7. The molecule has 1 fully saturated rings. The van der Waals surface area contributed by atoms with Crippen molar-refractivity contribution in [2.24, 2.45) is 5.92 Å². The highest BCUT2D eigenvalue weighted by atomic mass is 32.1. The van der Waals surface area contributed by atoms with Gasteiger partial charge in [0.05, 0.1) is 31.1 Å². The fourth-order valence-electron chi connectivity index (χ4n) is 3.40. The van der Waals surface area contributed by atoms with Gasteiger partial charge in [-0.25, -0.2) is 4.98 Å². The lowest BCUT2D eigenvalue weighted by Crippen LogP contribution is -2.38. The summed E-state index contributed by atoms with van der Waals surface area (Å²) in [6.07, 6.45) is 7.76. The number of hydrogen-bond acceptors (Lipinski definition) is 5. The monoisotopic (exact) mass is 332 g/mol. The second-order valence-electron chi connectivity index (χ2n) is 6.50. The summed E-state index contributed by atoms with van der Waals surface area (Å²) in [5.74, 6) is 0.834. The molecular weight excluding hydrogens is 308 g/mol. The molecule has 0 spiro atoms. The van der Waals surface area contributed by atoms with Crippen molar-refractivity contribution in [3.8, 4) is 0 Å². The van der Waals surface area contributed by atoms with Crippen LogP contribution in [-0.2, 0) is 24.2 Å². The summed E-state index contributed by atoms with van der Waals surface area (Å²) in [5.41, 5.74) is 2.79. The molecule has 1 atom stereocenters. The van der Waals surface area contributed by atoms with Gasteiger partial charge in [-0.1, -0.05) is 0 Å². The molecule has 0 bridgehead atoms. The first-order chi connectivity index (χ1) is 11.3. The van der Waals surface area contributed by atoms with Crippen LogP contribution in [0, 0.1) is 5.92 Å². The second-order valence-corrected chi connectivity index (χ2v) is 7.48. The smallest absolute Gasteiger partial charge is 0.107 e. The van der Waals surface area contributed by atoms with E-state index in [1.807, 2.05) is 6.20 Å². The zero-order valence-electron chi connectivity index (χ0n) is 13.6. The van der Waals surface area contributed by atoms with Crippen molar-refractivity contribution in [1.29, 1.82) is 0 Å². The van der Waals surface area contributed by atoms with Gasteiger partial charge < -0.3 is 4.74 Å². The van der Waals surface area contributed by atoms with Gasteiger partial charge >= 0.3 is 0 Å². The first kappa shape index (κ1) is 15.3. The number of hydrogen-bond donors (Lipinski definition) is 0. The third-order valence-corrected chi connectivity index (χ3v) is 5.58. The molecule has 0 aromatic carbocycles. The maximum absolute atomic E-state index is 5.82. The minimum Gasteiger partial charge on any atom is -0.380 e. The third kappa shape index (κ3) is 3.34. The average Bonchev–Trinajstić information content (AvgIpc) is 3.06. The molecule has 2 aromatic rings. The highest BCUT2D eigenvalue weighted by molar-refractivity contribution is 7.09. The predicted octanol–water partition coefficient (Wildman–Crippen LogP) is 2.89. The topological polar surface area (TPSA) is 43.2 Å². The molecule has 6 heteroatoms. The zero-order chi connectivity index (χ0) is 15.6. The molecule has 1 aliphatic carbocycles. The van der Waals surface area contributed by atoms with Crippen LogP contribution in [0.5, 0.6) is 0 Å². The summed E-state index contributed by atoms with van der Waals surface area (Å²) >= 11 is 1.73. The van der Waals surface area contributed by atoms with Crippen molar-refractivity contribution >= 4 is 11.3 Å². The Morgan fingerprint density at radius 1 is 1.39 bits per heavy atom. The van der Waals surface area contributed by atoms with Crippen molar-refractivity contribution < 1.29 is 4.74 Å². The van der Waals surface area contributed by atoms with Crippen molar-refractivity contribution in [1.82, 2.24) is 19.7 Å². The molecule has 0 radical (unpaired) electrons. The molecule has 2 aliphatic rings. The quantitative estimate of drug-likeness (QED) is 0.782. The van der Waals surface area contributed by atoms with Crippen LogP contribution < -0.4 is 0 Å². The van der Waals surface area contributed by atoms with E-state index in [0.29, 0.717) is 6.04 Å². The van der Waals surface area contributed by atoms with Gasteiger partial charge in [0.1, 0.15) is 5.01 Å². The van der Waals surface area contributed by atoms with Crippen LogP contribution in [0.4, 0.5) is 0 Å². The lowest BCUT2D eigenvalue weighted by Gasteiger charge is -2.35. The Kier molecular flexibility index (Phi) is 4.46. The maximum Gasteiger partial charge on any atom is 0.107 e. The Hall–Kier alpha value is -1.24. The largest absolute Gasteiger partial charge is 0.380 e. The van der Waals surface area contributed by atoms with E-state index in [1.165, 1.54) is 29.1 Å². The maximum atomic E-state index is 5.82. The fourth-order valence-corrected chi connectivity index (χ4v) is 4.04. The van der Waals surface area contributed by atoms with Crippen molar-refractivity contribution in [2.75, 3.05) is 19.8 Å². The van der Waals surface area contributed by atoms with E-state index in [4.69, 9.17) is 4.74 Å². The molecular formula is C17H24N4OS. The number of fused-ring (bicyclic) bond motifs is 1. The van der Waals surface area contributed by atoms with Gasteiger partial charge in [-0.05, 0) is 37.7 Å². The van der Waals surface area contributed by atoms with E-state index in [-0.39, 0.29) is 0 Å². The van der Waals surface area contributed by atoms with E-state index >= 15 is 0 Å². The Labute approximate surface area is 141 Å². The fraction of sp³-hybridized carbons (Fsp3) is 0.647. The van der Waals surface area contributed by atoms with E-state index in [9.17, 15) is 0 Å². The number of aromatic nitrogens is 3. The molecule has 0 unspecified atom stereocenters. The predicted molar refractivity (Wildman–Crippen MR) is 90.4 cm³/mol. The first-order valence-electron chi connectivity index (χ1n) is 8.60. The summed E-state index contributed by atoms with van der Waals surface area (Å²) in [4.78, 5) is 6.98. The van der Waals surface area contributed by atoms with Gasteiger partial charge in [0, 0.05) is 31.3 Å². The van der Waals surface area contributed by atoms with Crippen molar-refractivity contribution in [3.05, 3.63) is 34.0 Å². The molecule has 5 nitrogen and oxygen atoms in total. The number of nitrogens with zero attached hydrogens (tertiary/aromatic N) is 4. The third-order valence-electron chi connectivity index (χ3n) is 4.81. The van der Waals surface area contributed by atoms with Gasteiger partial charge in [0.2, 0.25) is 0 Å². The molecule has 1 saturated carbocycles. The summed E-state index contributed by atoms with van der Waals surface area (Å²) in [6, 6.07) is 0.295. The van der Waals surface area contributed by atoms with Gasteiger partial charge in [-0.3, -0.25) is 9.58 Å². The molecule has 4 rings (SSSR count). The minimum atomic E-state index is 0.295. The Balaban J connectivity index is 1.59. The Morgan fingerprint density at radius 3 is 3.04 bits per heavy atom. The molecule has 0 saturated heterocycles. The van der Waals surface area contributed by atoms with E-state index in [0.717, 1.165) is 45.2 Å². The van der Waals surface area contributed by atoms with Crippen LogP contribution in [0.2, 0.25) is 0 Å². The first-order valence-corrected chi connectivity index (χ1v) is 9.48. The SMILES string of the molecule is CCOC[C@H]1c2c(cnn2CC2CC2)CCN1Cc1nccs1. The van der Waals surface area contributed by atoms with Crippen LogP contribution in [-0.4, -0.2) is 39.4 Å². The van der Waals surface area contributed by atoms with E-state index in [2.05, 4.69) is 38.2 Å². The summed E-state index contributed by atoms with van der Waals surface area (Å²) in [7, 11) is 0. The van der Waals surface area contributed by atoms with Crippen LogP contribution in [0.1, 0.15) is 42.1 Å². The average molecular weight is 332 g/mol. The van der Waals surface area contributed by atoms with Crippen molar-refractivity contribution in [3.63, 3.8) is 0 Å². The minimum absolute atomic E-state index is 0.295. The number of ether oxygens (including phenoxy) is 1. The standard InChI is InChI=1S/C17H24N4OS/c1-2-22-12-15-17-14(9-19-21(17)10-13-3-4-13)5-7-20(15)11-16-18-6-8-23-16/h6,8-9,13,15H,2-5,7,10-12H2,1H3/t15-/m0/s1. The molecule has 3 heterocycles. The highest BCUT2D eigenvalue weighted by Crippen LogP contribution is 2.35. The van der Waals surface area contributed by atoms with Crippen LogP contribution in [0.3, 0.4) is 0 Å². The molecule has 2 aromatic heterocycles. The summed E-state index contributed by atoms with van der Waals surface area (Å²) in [5, 5.41) is 7.93. The van der Waals surface area contributed by atoms with Crippen LogP contribution in [0.15, 0.2) is 17.8 Å². The molecule has 0 N–H and O–H groups in total. The van der Waals surface area contributed by atoms with Crippen LogP contribution >= 0.6 is 11.3 Å². The van der Waals surface area contributed by atoms with Crippen LogP contribution in [0.25, 0.3) is 0 Å². The normalized spacial score (nSPS) is 21.5. The molecule has 23 heavy (non-hydrogen) atoms. The molecule has 124 valence electrons.